The topological polar surface area (TPSA) is 46.5 Å². The normalized spacial score (nSPS) is 18.8. The Hall–Kier alpha value is -2.21. The summed E-state index contributed by atoms with van der Waals surface area (Å²) in [6.07, 6.45) is -2.94. The minimum atomic E-state index is -4.47. The lowest BCUT2D eigenvalue weighted by Gasteiger charge is -2.17. The first-order valence-electron chi connectivity index (χ1n) is 8.96. The van der Waals surface area contributed by atoms with Crippen molar-refractivity contribution in [1.82, 2.24) is 0 Å². The highest BCUT2D eigenvalue weighted by atomic mass is 35.5. The van der Waals surface area contributed by atoms with Gasteiger partial charge in [0.2, 0.25) is 0 Å². The summed E-state index contributed by atoms with van der Waals surface area (Å²) in [4.78, 5) is 10.8. The Morgan fingerprint density at radius 2 is 1.93 bits per heavy atom. The number of hydrogen-bond acceptors (Lipinski definition) is 2. The SMILES string of the molecule is Cc1ccc(-c2cc(C3CC3CCC(=O)O)cc(Cl)c2OCC(F)(F)F)cc1. The summed E-state index contributed by atoms with van der Waals surface area (Å²) in [6.45, 7) is 0.501. The monoisotopic (exact) mass is 412 g/mol. The molecule has 150 valence electrons. The zero-order valence-corrected chi connectivity index (χ0v) is 16.0. The van der Waals surface area contributed by atoms with Gasteiger partial charge in [0, 0.05) is 12.0 Å². The molecule has 0 heterocycles. The lowest BCUT2D eigenvalue weighted by Crippen LogP contribution is -2.19. The summed E-state index contributed by atoms with van der Waals surface area (Å²) in [5.41, 5.74) is 3.15. The van der Waals surface area contributed by atoms with Crippen LogP contribution in [-0.2, 0) is 4.79 Å². The number of carbonyl (C=O) groups is 1. The molecule has 2 aromatic rings. The maximum absolute atomic E-state index is 12.7. The molecule has 3 rings (SSSR count). The van der Waals surface area contributed by atoms with Gasteiger partial charge in [0.05, 0.1) is 5.02 Å². The van der Waals surface area contributed by atoms with Crippen LogP contribution in [0.25, 0.3) is 11.1 Å². The highest BCUT2D eigenvalue weighted by molar-refractivity contribution is 6.32. The molecule has 28 heavy (non-hydrogen) atoms. The third-order valence-electron chi connectivity index (χ3n) is 4.89. The van der Waals surface area contributed by atoms with E-state index in [4.69, 9.17) is 21.4 Å². The summed E-state index contributed by atoms with van der Waals surface area (Å²) in [7, 11) is 0. The molecule has 0 amide bonds. The van der Waals surface area contributed by atoms with Crippen molar-refractivity contribution in [3.8, 4) is 16.9 Å². The molecule has 1 fully saturated rings. The van der Waals surface area contributed by atoms with E-state index in [2.05, 4.69) is 0 Å². The van der Waals surface area contributed by atoms with E-state index in [1.165, 1.54) is 0 Å². The Balaban J connectivity index is 1.92. The highest BCUT2D eigenvalue weighted by Gasteiger charge is 2.39. The first kappa shape index (κ1) is 20.5. The van der Waals surface area contributed by atoms with E-state index in [0.717, 1.165) is 17.5 Å². The van der Waals surface area contributed by atoms with Crippen LogP contribution in [-0.4, -0.2) is 23.9 Å². The number of hydrogen-bond donors (Lipinski definition) is 1. The molecule has 2 atom stereocenters. The molecular weight excluding hydrogens is 393 g/mol. The molecule has 7 heteroatoms. The highest BCUT2D eigenvalue weighted by Crippen LogP contribution is 2.52. The van der Waals surface area contributed by atoms with Crippen LogP contribution in [0, 0.1) is 12.8 Å². The average Bonchev–Trinajstić information content (AvgIpc) is 3.38. The lowest BCUT2D eigenvalue weighted by atomic mass is 9.98. The van der Waals surface area contributed by atoms with Crippen molar-refractivity contribution in [1.29, 1.82) is 0 Å². The number of aryl methyl sites for hydroxylation is 1. The summed E-state index contributed by atoms with van der Waals surface area (Å²) in [5.74, 6) is -0.410. The van der Waals surface area contributed by atoms with Crippen molar-refractivity contribution in [3.05, 3.63) is 52.5 Å². The number of aliphatic carboxylic acids is 1. The minimum absolute atomic E-state index is 0.00864. The van der Waals surface area contributed by atoms with Crippen molar-refractivity contribution >= 4 is 17.6 Å². The molecule has 1 aliphatic carbocycles. The fourth-order valence-electron chi connectivity index (χ4n) is 3.36. The smallest absolute Gasteiger partial charge is 0.422 e. The Morgan fingerprint density at radius 1 is 1.25 bits per heavy atom. The van der Waals surface area contributed by atoms with Gasteiger partial charge in [0.25, 0.3) is 0 Å². The molecule has 0 aromatic heterocycles. The molecule has 0 bridgehead atoms. The average molecular weight is 413 g/mol. The Morgan fingerprint density at radius 3 is 2.54 bits per heavy atom. The van der Waals surface area contributed by atoms with E-state index in [1.807, 2.05) is 37.3 Å². The van der Waals surface area contributed by atoms with E-state index in [-0.39, 0.29) is 29.0 Å². The zero-order chi connectivity index (χ0) is 20.5. The summed E-state index contributed by atoms with van der Waals surface area (Å²) >= 11 is 6.31. The van der Waals surface area contributed by atoms with Crippen molar-refractivity contribution < 1.29 is 27.8 Å². The van der Waals surface area contributed by atoms with Crippen LogP contribution < -0.4 is 4.74 Å². The molecule has 2 unspecified atom stereocenters. The van der Waals surface area contributed by atoms with Crippen LogP contribution in [0.5, 0.6) is 5.75 Å². The number of carboxylic acid groups (broad SMARTS) is 1. The number of rotatable bonds is 7. The van der Waals surface area contributed by atoms with Crippen molar-refractivity contribution in [2.45, 2.75) is 38.3 Å². The van der Waals surface area contributed by atoms with Gasteiger partial charge >= 0.3 is 12.1 Å². The van der Waals surface area contributed by atoms with E-state index < -0.39 is 18.8 Å². The van der Waals surface area contributed by atoms with Crippen molar-refractivity contribution in [3.63, 3.8) is 0 Å². The van der Waals surface area contributed by atoms with Crippen molar-refractivity contribution in [2.75, 3.05) is 6.61 Å². The second-order valence-corrected chi connectivity index (χ2v) is 7.59. The molecule has 3 nitrogen and oxygen atoms in total. The van der Waals surface area contributed by atoms with Crippen LogP contribution in [0.4, 0.5) is 13.2 Å². The van der Waals surface area contributed by atoms with Gasteiger partial charge in [-0.15, -0.1) is 0 Å². The van der Waals surface area contributed by atoms with Crippen LogP contribution in [0.2, 0.25) is 5.02 Å². The molecule has 0 spiro atoms. The van der Waals surface area contributed by atoms with Crippen LogP contribution in [0.1, 0.15) is 36.3 Å². The van der Waals surface area contributed by atoms with E-state index >= 15 is 0 Å². The molecule has 1 aliphatic rings. The third-order valence-corrected chi connectivity index (χ3v) is 5.17. The van der Waals surface area contributed by atoms with E-state index in [1.54, 1.807) is 6.07 Å². The maximum atomic E-state index is 12.7. The molecule has 0 saturated heterocycles. The molecule has 0 aliphatic heterocycles. The quantitative estimate of drug-likeness (QED) is 0.586. The number of carboxylic acids is 1. The first-order chi connectivity index (χ1) is 13.1. The van der Waals surface area contributed by atoms with E-state index in [9.17, 15) is 18.0 Å². The lowest BCUT2D eigenvalue weighted by molar-refractivity contribution is -0.153. The number of benzene rings is 2. The van der Waals surface area contributed by atoms with Crippen LogP contribution in [0.3, 0.4) is 0 Å². The Labute approximate surface area is 166 Å². The molecular formula is C21H20ClF3O3. The van der Waals surface area contributed by atoms with Gasteiger partial charge in [0.1, 0.15) is 5.75 Å². The van der Waals surface area contributed by atoms with Crippen molar-refractivity contribution in [2.24, 2.45) is 5.92 Å². The van der Waals surface area contributed by atoms with Gasteiger partial charge in [-0.1, -0.05) is 41.4 Å². The first-order valence-corrected chi connectivity index (χ1v) is 9.33. The zero-order valence-electron chi connectivity index (χ0n) is 15.2. The van der Waals surface area contributed by atoms with E-state index in [0.29, 0.717) is 17.5 Å². The number of halogens is 4. The molecule has 2 aromatic carbocycles. The summed E-state index contributed by atoms with van der Waals surface area (Å²) in [5, 5.41) is 8.96. The second-order valence-electron chi connectivity index (χ2n) is 7.18. The molecule has 0 radical (unpaired) electrons. The summed E-state index contributed by atoms with van der Waals surface area (Å²) < 4.78 is 43.0. The summed E-state index contributed by atoms with van der Waals surface area (Å²) in [6, 6.07) is 10.8. The Kier molecular flexibility index (Phi) is 5.89. The number of alkyl halides is 3. The van der Waals surface area contributed by atoms with Gasteiger partial charge in [-0.05, 0) is 54.9 Å². The van der Waals surface area contributed by atoms with Gasteiger partial charge in [-0.25, -0.2) is 0 Å². The predicted molar refractivity (Wildman–Crippen MR) is 101 cm³/mol. The molecule has 1 saturated carbocycles. The third kappa shape index (κ3) is 5.19. The Bertz CT molecular complexity index is 862. The van der Waals surface area contributed by atoms with Gasteiger partial charge in [-0.3, -0.25) is 4.79 Å². The maximum Gasteiger partial charge on any atom is 0.422 e. The fraction of sp³-hybridized carbons (Fsp3) is 0.381. The van der Waals surface area contributed by atoms with Gasteiger partial charge in [-0.2, -0.15) is 13.2 Å². The second kappa shape index (κ2) is 8.03. The standard InChI is InChI=1S/C21H20ClF3O3/c1-12-2-4-13(5-3-12)17-9-15(16-8-14(16)6-7-19(26)27)10-18(22)20(17)28-11-21(23,24)25/h2-5,9-10,14,16H,6-8,11H2,1H3,(H,26,27). The molecule has 1 N–H and O–H groups in total. The minimum Gasteiger partial charge on any atom is -0.482 e. The van der Waals surface area contributed by atoms with Crippen LogP contribution in [0.15, 0.2) is 36.4 Å². The predicted octanol–water partition coefficient (Wildman–Crippen LogP) is 6.22. The fourth-order valence-corrected chi connectivity index (χ4v) is 3.64. The largest absolute Gasteiger partial charge is 0.482 e. The van der Waals surface area contributed by atoms with Crippen LogP contribution >= 0.6 is 11.6 Å². The van der Waals surface area contributed by atoms with Gasteiger partial charge < -0.3 is 9.84 Å². The number of ether oxygens (including phenoxy) is 1. The van der Waals surface area contributed by atoms with Gasteiger partial charge in [0.15, 0.2) is 6.61 Å².